The van der Waals surface area contributed by atoms with Crippen LogP contribution in [0.1, 0.15) is 30.0 Å². The highest BCUT2D eigenvalue weighted by molar-refractivity contribution is 6.07. The average Bonchev–Trinajstić information content (AvgIpc) is 2.61. The molecule has 0 aliphatic carbocycles. The van der Waals surface area contributed by atoms with Gasteiger partial charge in [0.25, 0.3) is 5.91 Å². The van der Waals surface area contributed by atoms with Crippen LogP contribution in [0.25, 0.3) is 11.0 Å². The van der Waals surface area contributed by atoms with E-state index in [-0.39, 0.29) is 5.91 Å². The van der Waals surface area contributed by atoms with Gasteiger partial charge in [-0.3, -0.25) is 4.79 Å². The average molecular weight is 231 g/mol. The zero-order valence-corrected chi connectivity index (χ0v) is 10.4. The molecule has 0 unspecified atom stereocenters. The molecule has 0 fully saturated rings. The van der Waals surface area contributed by atoms with Gasteiger partial charge in [0.2, 0.25) is 0 Å². The van der Waals surface area contributed by atoms with Crippen molar-refractivity contribution in [3.63, 3.8) is 0 Å². The Hall–Kier alpha value is -1.77. The molecular formula is C14H17NO2. The van der Waals surface area contributed by atoms with Crippen molar-refractivity contribution in [3.8, 4) is 0 Å². The zero-order valence-electron chi connectivity index (χ0n) is 10.4. The zero-order chi connectivity index (χ0) is 12.4. The first-order valence-electron chi connectivity index (χ1n) is 5.86. The summed E-state index contributed by atoms with van der Waals surface area (Å²) in [5, 5.41) is 3.80. The van der Waals surface area contributed by atoms with Gasteiger partial charge in [-0.2, -0.15) is 0 Å². The number of carbonyl (C=O) groups excluding carboxylic acids is 1. The number of fused-ring (bicyclic) bond motifs is 1. The maximum absolute atomic E-state index is 12.1. The maximum atomic E-state index is 12.1. The van der Waals surface area contributed by atoms with Gasteiger partial charge in [-0.1, -0.05) is 32.0 Å². The van der Waals surface area contributed by atoms with Crippen LogP contribution in [0.5, 0.6) is 0 Å². The van der Waals surface area contributed by atoms with E-state index < -0.39 is 0 Å². The van der Waals surface area contributed by atoms with Crippen molar-refractivity contribution in [2.75, 3.05) is 6.54 Å². The van der Waals surface area contributed by atoms with E-state index in [9.17, 15) is 4.79 Å². The van der Waals surface area contributed by atoms with E-state index in [1.165, 1.54) is 0 Å². The van der Waals surface area contributed by atoms with Gasteiger partial charge < -0.3 is 9.73 Å². The molecule has 1 N–H and O–H groups in total. The molecule has 90 valence electrons. The van der Waals surface area contributed by atoms with Crippen LogP contribution in [0.4, 0.5) is 0 Å². The van der Waals surface area contributed by atoms with Crippen LogP contribution in [0.3, 0.4) is 0 Å². The predicted molar refractivity (Wildman–Crippen MR) is 68.1 cm³/mol. The van der Waals surface area contributed by atoms with E-state index in [4.69, 9.17) is 4.42 Å². The number of nitrogens with one attached hydrogen (secondary N) is 1. The summed E-state index contributed by atoms with van der Waals surface area (Å²) in [6.07, 6.45) is 0. The van der Waals surface area contributed by atoms with Crippen LogP contribution < -0.4 is 5.32 Å². The highest BCUT2D eigenvalue weighted by Gasteiger charge is 2.17. The number of amides is 1. The first kappa shape index (κ1) is 11.7. The summed E-state index contributed by atoms with van der Waals surface area (Å²) in [5.74, 6) is 1.06. The summed E-state index contributed by atoms with van der Waals surface area (Å²) in [4.78, 5) is 12.1. The molecule has 0 atom stereocenters. The Morgan fingerprint density at radius 1 is 1.35 bits per heavy atom. The van der Waals surface area contributed by atoms with Gasteiger partial charge in [-0.05, 0) is 18.9 Å². The van der Waals surface area contributed by atoms with Crippen molar-refractivity contribution < 1.29 is 9.21 Å². The molecule has 0 radical (unpaired) electrons. The Morgan fingerprint density at radius 3 is 2.76 bits per heavy atom. The summed E-state index contributed by atoms with van der Waals surface area (Å²) in [6, 6.07) is 7.61. The smallest absolute Gasteiger partial charge is 0.255 e. The standard InChI is InChI=1S/C14H17NO2/c1-9(2)8-15-14(16)13-10(3)17-12-7-5-4-6-11(12)13/h4-7,9H,8H2,1-3H3,(H,15,16). The van der Waals surface area contributed by atoms with Crippen LogP contribution >= 0.6 is 0 Å². The van der Waals surface area contributed by atoms with Crippen LogP contribution in [0, 0.1) is 12.8 Å². The van der Waals surface area contributed by atoms with Crippen LogP contribution in [-0.4, -0.2) is 12.5 Å². The Bertz CT molecular complexity index is 540. The van der Waals surface area contributed by atoms with Gasteiger partial charge in [0.05, 0.1) is 5.56 Å². The monoisotopic (exact) mass is 231 g/mol. The number of hydrogen-bond donors (Lipinski definition) is 1. The molecule has 0 saturated heterocycles. The molecule has 1 amide bonds. The fraction of sp³-hybridized carbons (Fsp3) is 0.357. The van der Waals surface area contributed by atoms with E-state index in [1.807, 2.05) is 31.2 Å². The second-order valence-electron chi connectivity index (χ2n) is 4.63. The SMILES string of the molecule is Cc1oc2ccccc2c1C(=O)NCC(C)C. The molecule has 3 nitrogen and oxygen atoms in total. The second-order valence-corrected chi connectivity index (χ2v) is 4.63. The molecule has 17 heavy (non-hydrogen) atoms. The minimum absolute atomic E-state index is 0.0545. The van der Waals surface area contributed by atoms with Crippen molar-refractivity contribution in [1.29, 1.82) is 0 Å². The van der Waals surface area contributed by atoms with Crippen molar-refractivity contribution in [3.05, 3.63) is 35.6 Å². The third kappa shape index (κ3) is 2.33. The molecule has 2 aromatic rings. The molecule has 0 aliphatic rings. The Morgan fingerprint density at radius 2 is 2.06 bits per heavy atom. The van der Waals surface area contributed by atoms with Crippen LogP contribution in [0.2, 0.25) is 0 Å². The number of aryl methyl sites for hydroxylation is 1. The first-order chi connectivity index (χ1) is 8.09. The van der Waals surface area contributed by atoms with Crippen molar-refractivity contribution in [2.24, 2.45) is 5.92 Å². The number of rotatable bonds is 3. The topological polar surface area (TPSA) is 42.2 Å². The van der Waals surface area contributed by atoms with E-state index in [0.29, 0.717) is 23.8 Å². The summed E-state index contributed by atoms with van der Waals surface area (Å²) in [7, 11) is 0. The van der Waals surface area contributed by atoms with E-state index in [2.05, 4.69) is 19.2 Å². The van der Waals surface area contributed by atoms with E-state index >= 15 is 0 Å². The van der Waals surface area contributed by atoms with Gasteiger partial charge in [-0.25, -0.2) is 0 Å². The maximum Gasteiger partial charge on any atom is 0.255 e. The Labute approximate surface area is 101 Å². The summed E-state index contributed by atoms with van der Waals surface area (Å²) in [6.45, 7) is 6.64. The van der Waals surface area contributed by atoms with E-state index in [1.54, 1.807) is 0 Å². The highest BCUT2D eigenvalue weighted by atomic mass is 16.3. The first-order valence-corrected chi connectivity index (χ1v) is 5.86. The fourth-order valence-corrected chi connectivity index (χ4v) is 1.84. The summed E-state index contributed by atoms with van der Waals surface area (Å²) < 4.78 is 5.57. The molecule has 0 spiro atoms. The summed E-state index contributed by atoms with van der Waals surface area (Å²) >= 11 is 0. The fourth-order valence-electron chi connectivity index (χ4n) is 1.84. The molecular weight excluding hydrogens is 214 g/mol. The van der Waals surface area contributed by atoms with E-state index in [0.717, 1.165) is 11.0 Å². The van der Waals surface area contributed by atoms with Gasteiger partial charge in [-0.15, -0.1) is 0 Å². The Kier molecular flexibility index (Phi) is 3.18. The number of carbonyl (C=O) groups is 1. The number of para-hydroxylation sites is 1. The number of furan rings is 1. The second kappa shape index (κ2) is 4.62. The van der Waals surface area contributed by atoms with Crippen LogP contribution in [-0.2, 0) is 0 Å². The third-order valence-electron chi connectivity index (χ3n) is 2.67. The molecule has 1 aromatic heterocycles. The molecule has 0 bridgehead atoms. The number of hydrogen-bond acceptors (Lipinski definition) is 2. The van der Waals surface area contributed by atoms with Gasteiger partial charge in [0.15, 0.2) is 0 Å². The molecule has 1 heterocycles. The predicted octanol–water partition coefficient (Wildman–Crippen LogP) is 3.13. The van der Waals surface area contributed by atoms with Gasteiger partial charge in [0.1, 0.15) is 11.3 Å². The quantitative estimate of drug-likeness (QED) is 0.881. The lowest BCUT2D eigenvalue weighted by atomic mass is 10.1. The van der Waals surface area contributed by atoms with Crippen molar-refractivity contribution in [2.45, 2.75) is 20.8 Å². The van der Waals surface area contributed by atoms with Crippen LogP contribution in [0.15, 0.2) is 28.7 Å². The van der Waals surface area contributed by atoms with Crippen molar-refractivity contribution in [1.82, 2.24) is 5.32 Å². The number of benzene rings is 1. The normalized spacial score (nSPS) is 11.1. The minimum atomic E-state index is -0.0545. The summed E-state index contributed by atoms with van der Waals surface area (Å²) in [5.41, 5.74) is 1.42. The molecule has 2 rings (SSSR count). The minimum Gasteiger partial charge on any atom is -0.461 e. The van der Waals surface area contributed by atoms with Crippen molar-refractivity contribution >= 4 is 16.9 Å². The largest absolute Gasteiger partial charge is 0.461 e. The van der Waals surface area contributed by atoms with Gasteiger partial charge >= 0.3 is 0 Å². The Balaban J connectivity index is 2.34. The molecule has 1 aromatic carbocycles. The third-order valence-corrected chi connectivity index (χ3v) is 2.67. The molecule has 0 aliphatic heterocycles. The highest BCUT2D eigenvalue weighted by Crippen LogP contribution is 2.24. The lowest BCUT2D eigenvalue weighted by Gasteiger charge is -2.06. The lowest BCUT2D eigenvalue weighted by molar-refractivity contribution is 0.0949. The lowest BCUT2D eigenvalue weighted by Crippen LogP contribution is -2.27. The van der Waals surface area contributed by atoms with Gasteiger partial charge in [0, 0.05) is 11.9 Å². The molecule has 0 saturated carbocycles. The molecule has 3 heteroatoms.